The zero-order valence-corrected chi connectivity index (χ0v) is 14.5. The van der Waals surface area contributed by atoms with Gasteiger partial charge in [0.2, 0.25) is 5.78 Å². The van der Waals surface area contributed by atoms with Crippen LogP contribution in [0.25, 0.3) is 0 Å². The molecule has 0 bridgehead atoms. The number of rotatable bonds is 8. The van der Waals surface area contributed by atoms with Gasteiger partial charge in [-0.2, -0.15) is 0 Å². The zero-order valence-electron chi connectivity index (χ0n) is 14.5. The monoisotopic (exact) mass is 360 g/mol. The number of carbonyl (C=O) groups excluding carboxylic acids is 2. The molecule has 2 rings (SSSR count). The molecule has 0 saturated carbocycles. The average Bonchev–Trinajstić information content (AvgIpc) is 3.02. The highest BCUT2D eigenvalue weighted by molar-refractivity contribution is 6.08. The fourth-order valence-electron chi connectivity index (χ4n) is 2.41. The van der Waals surface area contributed by atoms with Gasteiger partial charge in [0.05, 0.1) is 17.2 Å². The minimum Gasteiger partial charge on any atom is -0.464 e. The third-order valence-corrected chi connectivity index (χ3v) is 3.86. The SMILES string of the molecule is CCCCOC(=O)[C@H](O)c1cc(C(=O)c2cccc([N+](=O)[O-])c2)n(C)c1. The fraction of sp³-hybridized carbons (Fsp3) is 0.333. The first-order valence-corrected chi connectivity index (χ1v) is 8.15. The van der Waals surface area contributed by atoms with Gasteiger partial charge in [-0.05, 0) is 12.5 Å². The Morgan fingerprint density at radius 2 is 2.08 bits per heavy atom. The number of aryl methyl sites for hydroxylation is 1. The molecule has 138 valence electrons. The van der Waals surface area contributed by atoms with Gasteiger partial charge >= 0.3 is 5.97 Å². The summed E-state index contributed by atoms with van der Waals surface area (Å²) in [4.78, 5) is 34.8. The number of benzene rings is 1. The largest absolute Gasteiger partial charge is 0.464 e. The van der Waals surface area contributed by atoms with Crippen molar-refractivity contribution in [1.82, 2.24) is 4.57 Å². The Hall–Kier alpha value is -3.00. The van der Waals surface area contributed by atoms with Crippen molar-refractivity contribution in [2.45, 2.75) is 25.9 Å². The molecule has 0 saturated heterocycles. The van der Waals surface area contributed by atoms with E-state index in [1.54, 1.807) is 7.05 Å². The van der Waals surface area contributed by atoms with Crippen molar-refractivity contribution in [3.63, 3.8) is 0 Å². The van der Waals surface area contributed by atoms with Crippen LogP contribution in [0, 0.1) is 10.1 Å². The average molecular weight is 360 g/mol. The molecule has 0 aliphatic heterocycles. The maximum absolute atomic E-state index is 12.6. The van der Waals surface area contributed by atoms with Crippen molar-refractivity contribution in [2.75, 3.05) is 6.61 Å². The van der Waals surface area contributed by atoms with E-state index in [0.717, 1.165) is 6.42 Å². The van der Waals surface area contributed by atoms with Gasteiger partial charge in [0, 0.05) is 36.5 Å². The minimum absolute atomic E-state index is 0.145. The summed E-state index contributed by atoms with van der Waals surface area (Å²) >= 11 is 0. The zero-order chi connectivity index (χ0) is 19.3. The van der Waals surface area contributed by atoms with Crippen LogP contribution in [0.15, 0.2) is 36.5 Å². The van der Waals surface area contributed by atoms with Gasteiger partial charge in [0.1, 0.15) is 0 Å². The lowest BCUT2D eigenvalue weighted by molar-refractivity contribution is -0.384. The second-order valence-corrected chi connectivity index (χ2v) is 5.83. The predicted molar refractivity (Wildman–Crippen MR) is 92.8 cm³/mol. The Kier molecular flexibility index (Phi) is 6.24. The van der Waals surface area contributed by atoms with Crippen molar-refractivity contribution in [3.8, 4) is 0 Å². The van der Waals surface area contributed by atoms with E-state index < -0.39 is 22.8 Å². The van der Waals surface area contributed by atoms with Crippen LogP contribution in [-0.4, -0.2) is 33.0 Å². The second kappa shape index (κ2) is 8.39. The third kappa shape index (κ3) is 4.34. The summed E-state index contributed by atoms with van der Waals surface area (Å²) in [6.07, 6.45) is 1.51. The van der Waals surface area contributed by atoms with Gasteiger partial charge < -0.3 is 14.4 Å². The van der Waals surface area contributed by atoms with Crippen LogP contribution in [0.5, 0.6) is 0 Å². The minimum atomic E-state index is -1.50. The molecule has 8 heteroatoms. The number of carbonyl (C=O) groups is 2. The Bertz CT molecular complexity index is 827. The first-order chi connectivity index (χ1) is 12.3. The highest BCUT2D eigenvalue weighted by Gasteiger charge is 2.24. The molecule has 1 aromatic heterocycles. The maximum Gasteiger partial charge on any atom is 0.339 e. The van der Waals surface area contributed by atoms with Gasteiger partial charge in [-0.15, -0.1) is 0 Å². The van der Waals surface area contributed by atoms with E-state index in [9.17, 15) is 24.8 Å². The number of aromatic nitrogens is 1. The highest BCUT2D eigenvalue weighted by Crippen LogP contribution is 2.21. The number of non-ortho nitro benzene ring substituents is 1. The van der Waals surface area contributed by atoms with Crippen LogP contribution in [0.3, 0.4) is 0 Å². The van der Waals surface area contributed by atoms with Gasteiger partial charge in [0.15, 0.2) is 6.10 Å². The number of nitro groups is 1. The molecular weight excluding hydrogens is 340 g/mol. The van der Waals surface area contributed by atoms with E-state index in [1.807, 2.05) is 6.92 Å². The molecule has 26 heavy (non-hydrogen) atoms. The maximum atomic E-state index is 12.6. The summed E-state index contributed by atoms with van der Waals surface area (Å²) in [5.74, 6) is -1.23. The Morgan fingerprint density at radius 3 is 2.73 bits per heavy atom. The second-order valence-electron chi connectivity index (χ2n) is 5.83. The number of aliphatic hydroxyl groups excluding tert-OH is 1. The molecule has 1 atom stereocenters. The van der Waals surface area contributed by atoms with Gasteiger partial charge in [-0.3, -0.25) is 14.9 Å². The first-order valence-electron chi connectivity index (χ1n) is 8.15. The van der Waals surface area contributed by atoms with E-state index in [1.165, 1.54) is 41.1 Å². The molecular formula is C18H20N2O6. The molecule has 0 spiro atoms. The molecule has 2 aromatic rings. The van der Waals surface area contributed by atoms with Crippen molar-refractivity contribution in [2.24, 2.45) is 7.05 Å². The number of hydrogen-bond acceptors (Lipinski definition) is 6. The number of nitro benzene ring substituents is 1. The van der Waals surface area contributed by atoms with Crippen molar-refractivity contribution in [1.29, 1.82) is 0 Å². The number of hydrogen-bond donors (Lipinski definition) is 1. The van der Waals surface area contributed by atoms with E-state index in [4.69, 9.17) is 4.74 Å². The number of nitrogens with zero attached hydrogens (tertiary/aromatic N) is 2. The molecule has 1 N–H and O–H groups in total. The first kappa shape index (κ1) is 19.3. The predicted octanol–water partition coefficient (Wildman–Crippen LogP) is 2.54. The summed E-state index contributed by atoms with van der Waals surface area (Å²) in [6, 6.07) is 6.76. The molecule has 0 aliphatic carbocycles. The quantitative estimate of drug-likeness (QED) is 0.255. The summed E-state index contributed by atoms with van der Waals surface area (Å²) < 4.78 is 6.43. The number of aliphatic hydroxyl groups is 1. The van der Waals surface area contributed by atoms with Gasteiger partial charge in [0.25, 0.3) is 5.69 Å². The summed E-state index contributed by atoms with van der Waals surface area (Å²) in [7, 11) is 1.59. The number of esters is 1. The summed E-state index contributed by atoms with van der Waals surface area (Å²) in [6.45, 7) is 2.17. The summed E-state index contributed by atoms with van der Waals surface area (Å²) in [5.41, 5.74) is 0.375. The number of ether oxygens (including phenoxy) is 1. The lowest BCUT2D eigenvalue weighted by Gasteiger charge is -2.08. The molecule has 0 unspecified atom stereocenters. The molecule has 0 aliphatic rings. The third-order valence-electron chi connectivity index (χ3n) is 3.86. The van der Waals surface area contributed by atoms with Crippen LogP contribution < -0.4 is 0 Å². The van der Waals surface area contributed by atoms with Crippen LogP contribution >= 0.6 is 0 Å². The van der Waals surface area contributed by atoms with Crippen LogP contribution in [0.2, 0.25) is 0 Å². The topological polar surface area (TPSA) is 112 Å². The van der Waals surface area contributed by atoms with Crippen molar-refractivity contribution < 1.29 is 24.4 Å². The van der Waals surface area contributed by atoms with Crippen LogP contribution in [0.1, 0.15) is 47.5 Å². The Labute approximate surface area is 150 Å². The lowest BCUT2D eigenvalue weighted by atomic mass is 10.1. The molecule has 8 nitrogen and oxygen atoms in total. The molecule has 0 amide bonds. The van der Waals surface area contributed by atoms with E-state index >= 15 is 0 Å². The van der Waals surface area contributed by atoms with Crippen molar-refractivity contribution >= 4 is 17.4 Å². The van der Waals surface area contributed by atoms with Gasteiger partial charge in [-0.1, -0.05) is 25.5 Å². The lowest BCUT2D eigenvalue weighted by Crippen LogP contribution is -2.15. The molecule has 1 aromatic carbocycles. The molecule has 0 radical (unpaired) electrons. The van der Waals surface area contributed by atoms with E-state index in [2.05, 4.69) is 0 Å². The standard InChI is InChI=1S/C18H20N2O6/c1-3-4-8-26-18(23)17(22)13-10-15(19(2)11-13)16(21)12-6-5-7-14(9-12)20(24)25/h5-7,9-11,17,22H,3-4,8H2,1-2H3/t17-/m1/s1. The van der Waals surface area contributed by atoms with Crippen molar-refractivity contribution in [3.05, 3.63) is 63.5 Å². The smallest absolute Gasteiger partial charge is 0.339 e. The molecule has 1 heterocycles. The number of unbranched alkanes of at least 4 members (excludes halogenated alkanes) is 1. The van der Waals surface area contributed by atoms with Crippen LogP contribution in [-0.2, 0) is 16.6 Å². The normalized spacial score (nSPS) is 11.8. The highest BCUT2D eigenvalue weighted by atomic mass is 16.6. The van der Waals surface area contributed by atoms with E-state index in [0.29, 0.717) is 6.42 Å². The summed E-state index contributed by atoms with van der Waals surface area (Å²) in [5, 5.41) is 21.0. The van der Waals surface area contributed by atoms with Crippen LogP contribution in [0.4, 0.5) is 5.69 Å². The Morgan fingerprint density at radius 1 is 1.35 bits per heavy atom. The molecule has 0 fully saturated rings. The Balaban J connectivity index is 2.21. The number of ketones is 1. The van der Waals surface area contributed by atoms with E-state index in [-0.39, 0.29) is 29.1 Å². The fourth-order valence-corrected chi connectivity index (χ4v) is 2.41. The van der Waals surface area contributed by atoms with Gasteiger partial charge in [-0.25, -0.2) is 4.79 Å².